The molecule has 1 aromatic carbocycles. The van der Waals surface area contributed by atoms with Gasteiger partial charge in [0.1, 0.15) is 0 Å². The third-order valence-electron chi connectivity index (χ3n) is 4.20. The summed E-state index contributed by atoms with van der Waals surface area (Å²) < 4.78 is 1.62. The first-order chi connectivity index (χ1) is 11.0. The lowest BCUT2D eigenvalue weighted by Crippen LogP contribution is -2.30. The van der Waals surface area contributed by atoms with Crippen LogP contribution in [0.25, 0.3) is 5.69 Å². The highest BCUT2D eigenvalue weighted by Crippen LogP contribution is 2.20. The van der Waals surface area contributed by atoms with Crippen molar-refractivity contribution < 1.29 is 14.7 Å². The number of carbonyl (C=O) groups excluding carboxylic acids is 1. The summed E-state index contributed by atoms with van der Waals surface area (Å²) in [5, 5.41) is 17.1. The van der Waals surface area contributed by atoms with Gasteiger partial charge in [-0.2, -0.15) is 0 Å². The Hall–Kier alpha value is -2.70. The van der Waals surface area contributed by atoms with Crippen molar-refractivity contribution in [3.63, 3.8) is 0 Å². The molecule has 1 saturated heterocycles. The molecule has 7 heteroatoms. The zero-order valence-electron chi connectivity index (χ0n) is 13.1. The lowest BCUT2D eigenvalue weighted by molar-refractivity contribution is -0.141. The first-order valence-electron chi connectivity index (χ1n) is 7.49. The highest BCUT2D eigenvalue weighted by Gasteiger charge is 2.33. The SMILES string of the molecule is Cc1ccc(-n2nnc(C(=O)N3CC[C@@H](C(=O)O)C3)c2C)cc1. The van der Waals surface area contributed by atoms with Gasteiger partial charge in [-0.1, -0.05) is 22.9 Å². The molecule has 1 fully saturated rings. The Kier molecular flexibility index (Phi) is 3.85. The maximum atomic E-state index is 12.6. The molecule has 120 valence electrons. The van der Waals surface area contributed by atoms with E-state index in [1.165, 1.54) is 4.90 Å². The van der Waals surface area contributed by atoms with Crippen LogP contribution in [0.4, 0.5) is 0 Å². The van der Waals surface area contributed by atoms with Crippen LogP contribution in [0, 0.1) is 19.8 Å². The fraction of sp³-hybridized carbons (Fsp3) is 0.375. The fourth-order valence-electron chi connectivity index (χ4n) is 2.75. The van der Waals surface area contributed by atoms with Crippen LogP contribution in [-0.4, -0.2) is 50.0 Å². The standard InChI is InChI=1S/C16H18N4O3/c1-10-3-5-13(6-4-10)20-11(2)14(17-18-20)15(21)19-8-7-12(9-19)16(22)23/h3-6,12H,7-9H2,1-2H3,(H,22,23)/t12-/m1/s1. The molecule has 0 radical (unpaired) electrons. The van der Waals surface area contributed by atoms with Gasteiger partial charge < -0.3 is 10.0 Å². The second-order valence-corrected chi connectivity index (χ2v) is 5.85. The summed E-state index contributed by atoms with van der Waals surface area (Å²) in [6.45, 7) is 4.45. The molecular weight excluding hydrogens is 296 g/mol. The largest absolute Gasteiger partial charge is 0.481 e. The number of aliphatic carboxylic acids is 1. The molecule has 2 heterocycles. The number of aromatic nitrogens is 3. The topological polar surface area (TPSA) is 88.3 Å². The highest BCUT2D eigenvalue weighted by molar-refractivity contribution is 5.94. The first-order valence-corrected chi connectivity index (χ1v) is 7.49. The Bertz CT molecular complexity index is 751. The molecule has 1 atom stereocenters. The lowest BCUT2D eigenvalue weighted by atomic mass is 10.1. The second kappa shape index (κ2) is 5.83. The van der Waals surface area contributed by atoms with Gasteiger partial charge in [-0.25, -0.2) is 4.68 Å². The van der Waals surface area contributed by atoms with E-state index in [1.54, 1.807) is 11.6 Å². The third-order valence-corrected chi connectivity index (χ3v) is 4.20. The number of nitrogens with zero attached hydrogens (tertiary/aromatic N) is 4. The monoisotopic (exact) mass is 314 g/mol. The predicted molar refractivity (Wildman–Crippen MR) is 82.5 cm³/mol. The maximum Gasteiger partial charge on any atom is 0.308 e. The van der Waals surface area contributed by atoms with E-state index in [2.05, 4.69) is 10.3 Å². The summed E-state index contributed by atoms with van der Waals surface area (Å²) in [5.74, 6) is -1.61. The van der Waals surface area contributed by atoms with Crippen molar-refractivity contribution in [3.05, 3.63) is 41.2 Å². The number of hydrogen-bond donors (Lipinski definition) is 1. The van der Waals surface area contributed by atoms with Crippen molar-refractivity contribution in [2.45, 2.75) is 20.3 Å². The number of carboxylic acids is 1. The van der Waals surface area contributed by atoms with E-state index in [0.717, 1.165) is 11.3 Å². The van der Waals surface area contributed by atoms with Crippen molar-refractivity contribution in [2.24, 2.45) is 5.92 Å². The average Bonchev–Trinajstić information content (AvgIpc) is 3.15. The molecule has 0 saturated carbocycles. The Balaban J connectivity index is 1.83. The molecule has 23 heavy (non-hydrogen) atoms. The Morgan fingerprint density at radius 1 is 1.22 bits per heavy atom. The van der Waals surface area contributed by atoms with Crippen LogP contribution in [0.1, 0.15) is 28.2 Å². The quantitative estimate of drug-likeness (QED) is 0.926. The molecule has 1 aliphatic heterocycles. The summed E-state index contributed by atoms with van der Waals surface area (Å²) in [6.07, 6.45) is 0.478. The predicted octanol–water partition coefficient (Wildman–Crippen LogP) is 1.43. The van der Waals surface area contributed by atoms with E-state index in [-0.39, 0.29) is 18.1 Å². The van der Waals surface area contributed by atoms with Gasteiger partial charge in [-0.05, 0) is 32.4 Å². The van der Waals surface area contributed by atoms with Crippen molar-refractivity contribution in [2.75, 3.05) is 13.1 Å². The van der Waals surface area contributed by atoms with Crippen molar-refractivity contribution in [3.8, 4) is 5.69 Å². The summed E-state index contributed by atoms with van der Waals surface area (Å²) in [5.41, 5.74) is 2.90. The van der Waals surface area contributed by atoms with Gasteiger partial charge in [0.05, 0.1) is 17.3 Å². The Labute approximate surface area is 133 Å². The number of carbonyl (C=O) groups is 2. The molecule has 7 nitrogen and oxygen atoms in total. The zero-order chi connectivity index (χ0) is 16.6. The number of amides is 1. The van der Waals surface area contributed by atoms with E-state index < -0.39 is 11.9 Å². The molecule has 0 unspecified atom stereocenters. The maximum absolute atomic E-state index is 12.6. The summed E-state index contributed by atoms with van der Waals surface area (Å²) in [7, 11) is 0. The molecular formula is C16H18N4O3. The molecule has 0 bridgehead atoms. The molecule has 1 amide bonds. The smallest absolute Gasteiger partial charge is 0.308 e. The first kappa shape index (κ1) is 15.2. The lowest BCUT2D eigenvalue weighted by Gasteiger charge is -2.14. The molecule has 1 N–H and O–H groups in total. The Morgan fingerprint density at radius 3 is 2.52 bits per heavy atom. The number of carboxylic acid groups (broad SMARTS) is 1. The van der Waals surface area contributed by atoms with Crippen LogP contribution in [0.5, 0.6) is 0 Å². The van der Waals surface area contributed by atoms with Crippen molar-refractivity contribution in [1.29, 1.82) is 0 Å². The van der Waals surface area contributed by atoms with Gasteiger partial charge in [0.25, 0.3) is 5.91 Å². The molecule has 0 aliphatic carbocycles. The molecule has 2 aromatic rings. The summed E-state index contributed by atoms with van der Waals surface area (Å²) >= 11 is 0. The van der Waals surface area contributed by atoms with E-state index in [9.17, 15) is 9.59 Å². The number of rotatable bonds is 3. The van der Waals surface area contributed by atoms with Gasteiger partial charge in [0.15, 0.2) is 5.69 Å². The van der Waals surface area contributed by atoms with E-state index in [0.29, 0.717) is 18.7 Å². The number of likely N-dealkylation sites (tertiary alicyclic amines) is 1. The second-order valence-electron chi connectivity index (χ2n) is 5.85. The van der Waals surface area contributed by atoms with Crippen LogP contribution in [0.3, 0.4) is 0 Å². The Morgan fingerprint density at radius 2 is 1.91 bits per heavy atom. The van der Waals surface area contributed by atoms with Crippen molar-refractivity contribution >= 4 is 11.9 Å². The molecule has 0 spiro atoms. The minimum Gasteiger partial charge on any atom is -0.481 e. The van der Waals surface area contributed by atoms with Crippen LogP contribution >= 0.6 is 0 Å². The van der Waals surface area contributed by atoms with Gasteiger partial charge in [0, 0.05) is 13.1 Å². The van der Waals surface area contributed by atoms with E-state index in [1.807, 2.05) is 31.2 Å². The fourth-order valence-corrected chi connectivity index (χ4v) is 2.75. The number of benzene rings is 1. The van der Waals surface area contributed by atoms with Gasteiger partial charge in [-0.15, -0.1) is 5.10 Å². The minimum absolute atomic E-state index is 0.227. The van der Waals surface area contributed by atoms with Crippen LogP contribution in [-0.2, 0) is 4.79 Å². The summed E-state index contributed by atoms with van der Waals surface area (Å²) in [6, 6.07) is 7.77. The van der Waals surface area contributed by atoms with Gasteiger partial charge in [-0.3, -0.25) is 9.59 Å². The normalized spacial score (nSPS) is 17.5. The number of aryl methyl sites for hydroxylation is 1. The van der Waals surface area contributed by atoms with Crippen molar-refractivity contribution in [1.82, 2.24) is 19.9 Å². The molecule has 3 rings (SSSR count). The highest BCUT2D eigenvalue weighted by atomic mass is 16.4. The van der Waals surface area contributed by atoms with Crippen LogP contribution < -0.4 is 0 Å². The third kappa shape index (κ3) is 2.81. The van der Waals surface area contributed by atoms with Gasteiger partial charge >= 0.3 is 5.97 Å². The zero-order valence-corrected chi connectivity index (χ0v) is 13.1. The molecule has 1 aromatic heterocycles. The van der Waals surface area contributed by atoms with Gasteiger partial charge in [0.2, 0.25) is 0 Å². The minimum atomic E-state index is -0.861. The van der Waals surface area contributed by atoms with Crippen LogP contribution in [0.2, 0.25) is 0 Å². The van der Waals surface area contributed by atoms with E-state index in [4.69, 9.17) is 5.11 Å². The number of hydrogen-bond acceptors (Lipinski definition) is 4. The summed E-state index contributed by atoms with van der Waals surface area (Å²) in [4.78, 5) is 25.1. The average molecular weight is 314 g/mol. The van der Waals surface area contributed by atoms with E-state index >= 15 is 0 Å². The van der Waals surface area contributed by atoms with Crippen LogP contribution in [0.15, 0.2) is 24.3 Å². The molecule has 1 aliphatic rings.